The van der Waals surface area contributed by atoms with Crippen LogP contribution in [0.4, 0.5) is 36.3 Å². The molecular weight excluding hydrogens is 669 g/mol. The Balaban J connectivity index is 1.24. The molecule has 3 aromatic carbocycles. The van der Waals surface area contributed by atoms with Crippen molar-refractivity contribution in [1.82, 2.24) is 34.0 Å². The van der Waals surface area contributed by atoms with E-state index in [0.717, 1.165) is 67.8 Å². The number of benzene rings is 3. The van der Waals surface area contributed by atoms with Crippen LogP contribution in [0.1, 0.15) is 53.9 Å². The van der Waals surface area contributed by atoms with Crippen molar-refractivity contribution in [2.45, 2.75) is 46.7 Å². The number of unbranched alkanes of at least 4 members (excludes halogenated alkanes) is 1. The molecule has 11 nitrogen and oxygen atoms in total. The van der Waals surface area contributed by atoms with Gasteiger partial charge in [-0.15, -0.1) is 0 Å². The fourth-order valence-corrected chi connectivity index (χ4v) is 5.90. The minimum atomic E-state index is -4.65. The van der Waals surface area contributed by atoms with Crippen molar-refractivity contribution in [1.29, 1.82) is 0 Å². The SMILES string of the molecule is CCN(CC)CCCCNc1cc(-n2c(Nc3cc(NC(=O)c4cc(-n5cnc(C)c5)cc(C(F)(F)F)c4)ccc3C)nc3ccccc32)ncn1. The van der Waals surface area contributed by atoms with E-state index in [0.29, 0.717) is 34.7 Å². The predicted octanol–water partition coefficient (Wildman–Crippen LogP) is 8.17. The number of nitrogens with one attached hydrogen (secondary N) is 3. The number of imidazole rings is 2. The monoisotopic (exact) mass is 710 g/mol. The average molecular weight is 711 g/mol. The van der Waals surface area contributed by atoms with E-state index in [1.54, 1.807) is 25.3 Å². The standard InChI is InChI=1S/C38H41F3N10O/c1-5-49(6-2)16-10-9-15-42-34-21-35(44-23-43-34)51-33-12-8-7-11-31(33)47-37(51)48-32-20-29(14-13-25(32)3)46-36(52)27-17-28(38(39,40)41)19-30(18-27)50-22-26(4)45-24-50/h7-8,11-14,17-24H,5-6,9-10,15-16H2,1-4H3,(H,46,52)(H,47,48)(H,42,43,44). The molecule has 0 spiro atoms. The summed E-state index contributed by atoms with van der Waals surface area (Å²) in [4.78, 5) is 33.8. The van der Waals surface area contributed by atoms with Crippen molar-refractivity contribution in [2.24, 2.45) is 0 Å². The third-order valence-corrected chi connectivity index (χ3v) is 8.80. The largest absolute Gasteiger partial charge is 0.416 e. The molecule has 52 heavy (non-hydrogen) atoms. The maximum atomic E-state index is 13.9. The number of carbonyl (C=O) groups excluding carboxylic acids is 1. The lowest BCUT2D eigenvalue weighted by atomic mass is 10.1. The Bertz CT molecular complexity index is 2170. The lowest BCUT2D eigenvalue weighted by Crippen LogP contribution is -2.24. The Hall–Kier alpha value is -5.76. The van der Waals surface area contributed by atoms with E-state index in [9.17, 15) is 18.0 Å². The zero-order valence-electron chi connectivity index (χ0n) is 29.5. The maximum Gasteiger partial charge on any atom is 0.416 e. The van der Waals surface area contributed by atoms with Gasteiger partial charge in [0.05, 0.1) is 28.6 Å². The summed E-state index contributed by atoms with van der Waals surface area (Å²) < 4.78 is 44.9. The average Bonchev–Trinajstić information content (AvgIpc) is 3.74. The molecule has 0 bridgehead atoms. The molecule has 0 saturated carbocycles. The Morgan fingerprint density at radius 1 is 0.923 bits per heavy atom. The van der Waals surface area contributed by atoms with Crippen molar-refractivity contribution in [3.8, 4) is 11.5 Å². The Kier molecular flexibility index (Phi) is 10.8. The molecule has 0 aliphatic rings. The van der Waals surface area contributed by atoms with Crippen LogP contribution >= 0.6 is 0 Å². The molecule has 6 rings (SSSR count). The van der Waals surface area contributed by atoms with Crippen molar-refractivity contribution in [2.75, 3.05) is 42.1 Å². The second kappa shape index (κ2) is 15.6. The number of para-hydroxylation sites is 2. The number of rotatable bonds is 14. The van der Waals surface area contributed by atoms with Gasteiger partial charge in [-0.05, 0) is 94.4 Å². The highest BCUT2D eigenvalue weighted by molar-refractivity contribution is 6.05. The summed E-state index contributed by atoms with van der Waals surface area (Å²) in [5.74, 6) is 1.08. The highest BCUT2D eigenvalue weighted by atomic mass is 19.4. The second-order valence-corrected chi connectivity index (χ2v) is 12.5. The molecule has 0 aliphatic carbocycles. The van der Waals surface area contributed by atoms with Crippen LogP contribution in [0.15, 0.2) is 85.6 Å². The number of hydrogen-bond donors (Lipinski definition) is 3. The number of nitrogens with zero attached hydrogens (tertiary/aromatic N) is 7. The van der Waals surface area contributed by atoms with Gasteiger partial charge in [0.15, 0.2) is 0 Å². The normalized spacial score (nSPS) is 11.7. The Labute approximate surface area is 300 Å². The topological polar surface area (TPSA) is 118 Å². The lowest BCUT2D eigenvalue weighted by molar-refractivity contribution is -0.137. The third-order valence-electron chi connectivity index (χ3n) is 8.80. The number of fused-ring (bicyclic) bond motifs is 1. The van der Waals surface area contributed by atoms with Gasteiger partial charge < -0.3 is 25.4 Å². The summed E-state index contributed by atoms with van der Waals surface area (Å²) in [5, 5.41) is 9.58. The quantitative estimate of drug-likeness (QED) is 0.0970. The van der Waals surface area contributed by atoms with E-state index >= 15 is 0 Å². The molecule has 0 radical (unpaired) electrons. The molecule has 1 amide bonds. The number of amides is 1. The highest BCUT2D eigenvalue weighted by Crippen LogP contribution is 2.33. The van der Waals surface area contributed by atoms with Crippen molar-refractivity contribution in [3.63, 3.8) is 0 Å². The van der Waals surface area contributed by atoms with Gasteiger partial charge in [-0.25, -0.2) is 19.9 Å². The van der Waals surface area contributed by atoms with Crippen LogP contribution in [0.3, 0.4) is 0 Å². The van der Waals surface area contributed by atoms with Gasteiger partial charge in [0.25, 0.3) is 5.91 Å². The number of aryl methyl sites for hydroxylation is 2. The fraction of sp³-hybridized carbons (Fsp3) is 0.289. The molecule has 0 saturated heterocycles. The molecule has 3 heterocycles. The Morgan fingerprint density at radius 3 is 2.48 bits per heavy atom. The number of halogens is 3. The fourth-order valence-electron chi connectivity index (χ4n) is 5.90. The van der Waals surface area contributed by atoms with E-state index < -0.39 is 17.6 Å². The third kappa shape index (κ3) is 8.40. The first-order valence-corrected chi connectivity index (χ1v) is 17.2. The lowest BCUT2D eigenvalue weighted by Gasteiger charge is -2.17. The van der Waals surface area contributed by atoms with E-state index in [2.05, 4.69) is 49.6 Å². The molecule has 3 N–H and O–H groups in total. The van der Waals surface area contributed by atoms with Crippen LogP contribution in [0, 0.1) is 13.8 Å². The molecule has 14 heteroatoms. The number of carbonyl (C=O) groups is 1. The van der Waals surface area contributed by atoms with Gasteiger partial charge >= 0.3 is 6.18 Å². The summed E-state index contributed by atoms with van der Waals surface area (Å²) in [5.41, 5.74) is 3.14. The molecule has 0 fully saturated rings. The highest BCUT2D eigenvalue weighted by Gasteiger charge is 2.32. The number of anilines is 4. The van der Waals surface area contributed by atoms with Crippen LogP contribution in [0.5, 0.6) is 0 Å². The summed E-state index contributed by atoms with van der Waals surface area (Å²) in [6, 6.07) is 18.0. The van der Waals surface area contributed by atoms with Gasteiger partial charge in [0.2, 0.25) is 5.95 Å². The number of hydrogen-bond acceptors (Lipinski definition) is 8. The van der Waals surface area contributed by atoms with Crippen LogP contribution in [0.2, 0.25) is 0 Å². The summed E-state index contributed by atoms with van der Waals surface area (Å²) in [7, 11) is 0. The predicted molar refractivity (Wildman–Crippen MR) is 198 cm³/mol. The van der Waals surface area contributed by atoms with E-state index in [1.165, 1.54) is 23.3 Å². The summed E-state index contributed by atoms with van der Waals surface area (Å²) in [6.45, 7) is 11.9. The summed E-state index contributed by atoms with van der Waals surface area (Å²) in [6.07, 6.45) is 1.95. The maximum absolute atomic E-state index is 13.9. The van der Waals surface area contributed by atoms with Crippen molar-refractivity contribution < 1.29 is 18.0 Å². The number of aromatic nitrogens is 6. The molecule has 270 valence electrons. The zero-order chi connectivity index (χ0) is 36.8. The number of alkyl halides is 3. The van der Waals surface area contributed by atoms with Crippen LogP contribution in [-0.2, 0) is 6.18 Å². The molecule has 3 aromatic heterocycles. The van der Waals surface area contributed by atoms with Gasteiger partial charge in [-0.2, -0.15) is 13.2 Å². The first kappa shape index (κ1) is 36.0. The van der Waals surface area contributed by atoms with E-state index in [1.807, 2.05) is 47.9 Å². The van der Waals surface area contributed by atoms with Gasteiger partial charge in [-0.3, -0.25) is 9.36 Å². The zero-order valence-corrected chi connectivity index (χ0v) is 29.5. The second-order valence-electron chi connectivity index (χ2n) is 12.5. The van der Waals surface area contributed by atoms with E-state index in [-0.39, 0.29) is 11.3 Å². The smallest absolute Gasteiger partial charge is 0.370 e. The molecule has 0 aliphatic heterocycles. The van der Waals surface area contributed by atoms with Crippen LogP contribution in [0.25, 0.3) is 22.5 Å². The van der Waals surface area contributed by atoms with Crippen LogP contribution < -0.4 is 16.0 Å². The van der Waals surface area contributed by atoms with Gasteiger partial charge in [0, 0.05) is 41.4 Å². The van der Waals surface area contributed by atoms with Crippen molar-refractivity contribution in [3.05, 3.63) is 108 Å². The summed E-state index contributed by atoms with van der Waals surface area (Å²) >= 11 is 0. The van der Waals surface area contributed by atoms with Crippen LogP contribution in [-0.4, -0.2) is 66.1 Å². The minimum absolute atomic E-state index is 0.148. The molecule has 0 atom stereocenters. The Morgan fingerprint density at radius 2 is 1.73 bits per heavy atom. The molecule has 6 aromatic rings. The molecular formula is C38H41F3N10O. The molecule has 0 unspecified atom stereocenters. The van der Waals surface area contributed by atoms with Crippen molar-refractivity contribution >= 4 is 40.1 Å². The first-order valence-electron chi connectivity index (χ1n) is 17.2. The van der Waals surface area contributed by atoms with Gasteiger partial charge in [-0.1, -0.05) is 32.0 Å². The minimum Gasteiger partial charge on any atom is -0.370 e. The first-order chi connectivity index (χ1) is 25.0. The van der Waals surface area contributed by atoms with E-state index in [4.69, 9.17) is 4.98 Å². The van der Waals surface area contributed by atoms with Gasteiger partial charge in [0.1, 0.15) is 18.0 Å².